The number of piperidine rings is 1. The molecule has 0 bridgehead atoms. The standard InChI is InChI=1S/C33H44BrN11OS/c1-6-22-20-27(32(46-5)41-31(22)45-14-10-23(11-15-45)44-18-16-42(3)17-19-44)39-33-37-21-24(34)30(40-33)38-26-9-8-25-28(36-13-12-35-25)29(26)43(4)47-7-2/h8-9,12-13,20-21,23H,6-7,10-11,14-19H2,1-5H3,(H2,37,38,39,40). The van der Waals surface area contributed by atoms with Gasteiger partial charge in [0.1, 0.15) is 22.8 Å². The zero-order valence-electron chi connectivity index (χ0n) is 27.8. The number of fused-ring (bicyclic) bond motifs is 1. The van der Waals surface area contributed by atoms with E-state index >= 15 is 0 Å². The van der Waals surface area contributed by atoms with Crippen molar-refractivity contribution in [1.29, 1.82) is 0 Å². The smallest absolute Gasteiger partial charge is 0.239 e. The van der Waals surface area contributed by atoms with E-state index in [-0.39, 0.29) is 0 Å². The number of piperazine rings is 1. The molecule has 2 fully saturated rings. The Hall–Kier alpha value is -3.46. The molecule has 2 N–H and O–H groups in total. The summed E-state index contributed by atoms with van der Waals surface area (Å²) in [6.45, 7) is 10.9. The van der Waals surface area contributed by atoms with Crippen molar-refractivity contribution in [2.75, 3.05) is 86.1 Å². The first-order valence-corrected chi connectivity index (χ1v) is 18.0. The van der Waals surface area contributed by atoms with Gasteiger partial charge in [0.25, 0.3) is 0 Å². The zero-order valence-corrected chi connectivity index (χ0v) is 30.2. The molecule has 12 nitrogen and oxygen atoms in total. The number of pyridine rings is 1. The highest BCUT2D eigenvalue weighted by Gasteiger charge is 2.28. The number of ether oxygens (including phenoxy) is 1. The Balaban J connectivity index is 1.22. The van der Waals surface area contributed by atoms with Gasteiger partial charge < -0.3 is 29.5 Å². The van der Waals surface area contributed by atoms with Crippen LogP contribution in [-0.2, 0) is 6.42 Å². The van der Waals surface area contributed by atoms with Gasteiger partial charge in [0.2, 0.25) is 11.8 Å². The van der Waals surface area contributed by atoms with Gasteiger partial charge in [-0.3, -0.25) is 14.9 Å². The molecule has 0 unspecified atom stereocenters. The summed E-state index contributed by atoms with van der Waals surface area (Å²) in [5.74, 6) is 3.49. The van der Waals surface area contributed by atoms with Crippen LogP contribution in [0.3, 0.4) is 0 Å². The van der Waals surface area contributed by atoms with E-state index in [2.05, 4.69) is 87.5 Å². The molecule has 2 aliphatic rings. The topological polar surface area (TPSA) is 111 Å². The molecule has 0 aliphatic carbocycles. The highest BCUT2D eigenvalue weighted by atomic mass is 79.9. The monoisotopic (exact) mass is 721 g/mol. The maximum atomic E-state index is 5.82. The number of halogens is 1. The van der Waals surface area contributed by atoms with Crippen molar-refractivity contribution in [3.05, 3.63) is 46.8 Å². The summed E-state index contributed by atoms with van der Waals surface area (Å²) in [6.07, 6.45) is 8.32. The number of methoxy groups -OCH3 is 1. The SMILES string of the molecule is CCSN(C)c1c(Nc2nc(Nc3cc(CC)c(N4CCC(N5CCN(C)CC5)CC4)nc3OC)ncc2Br)ccc2nccnc12. The first-order valence-electron chi connectivity index (χ1n) is 16.3. The van der Waals surface area contributed by atoms with E-state index in [0.717, 1.165) is 103 Å². The second-order valence-electron chi connectivity index (χ2n) is 11.9. The molecule has 6 rings (SSSR count). The summed E-state index contributed by atoms with van der Waals surface area (Å²) in [7, 11) is 5.91. The summed E-state index contributed by atoms with van der Waals surface area (Å²) < 4.78 is 8.66. The quantitative estimate of drug-likeness (QED) is 0.178. The van der Waals surface area contributed by atoms with Gasteiger partial charge in [0.05, 0.1) is 28.5 Å². The first kappa shape index (κ1) is 33.4. The molecule has 250 valence electrons. The normalized spacial score (nSPS) is 16.4. The van der Waals surface area contributed by atoms with Crippen LogP contribution in [0.2, 0.25) is 0 Å². The molecule has 3 aromatic heterocycles. The Morgan fingerprint density at radius 1 is 0.979 bits per heavy atom. The fraction of sp³-hybridized carbons (Fsp3) is 0.485. The van der Waals surface area contributed by atoms with Crippen molar-refractivity contribution in [2.45, 2.75) is 39.2 Å². The summed E-state index contributed by atoms with van der Waals surface area (Å²) in [5.41, 5.74) is 5.34. The fourth-order valence-corrected chi connectivity index (χ4v) is 7.39. The van der Waals surface area contributed by atoms with Crippen molar-refractivity contribution in [2.24, 2.45) is 0 Å². The lowest BCUT2D eigenvalue weighted by molar-refractivity contribution is 0.0981. The molecule has 14 heteroatoms. The lowest BCUT2D eigenvalue weighted by Crippen LogP contribution is -2.52. The van der Waals surface area contributed by atoms with Crippen LogP contribution in [-0.4, -0.2) is 107 Å². The minimum Gasteiger partial charge on any atom is -0.479 e. The van der Waals surface area contributed by atoms with Crippen molar-refractivity contribution in [1.82, 2.24) is 34.7 Å². The molecule has 1 aromatic carbocycles. The number of nitrogens with one attached hydrogen (secondary N) is 2. The van der Waals surface area contributed by atoms with E-state index in [1.807, 2.05) is 19.2 Å². The van der Waals surface area contributed by atoms with E-state index < -0.39 is 0 Å². The second kappa shape index (κ2) is 15.2. The van der Waals surface area contributed by atoms with Crippen LogP contribution in [0.5, 0.6) is 5.88 Å². The number of hydrogen-bond acceptors (Lipinski definition) is 13. The van der Waals surface area contributed by atoms with Gasteiger partial charge in [-0.1, -0.05) is 25.8 Å². The third-order valence-electron chi connectivity index (χ3n) is 8.93. The Bertz CT molecular complexity index is 1680. The number of nitrogens with zero attached hydrogens (tertiary/aromatic N) is 9. The predicted molar refractivity (Wildman–Crippen MR) is 197 cm³/mol. The van der Waals surface area contributed by atoms with Crippen LogP contribution in [0, 0.1) is 0 Å². The lowest BCUT2D eigenvalue weighted by atomic mass is 10.0. The van der Waals surface area contributed by atoms with Crippen molar-refractivity contribution >= 4 is 73.6 Å². The van der Waals surface area contributed by atoms with E-state index in [0.29, 0.717) is 23.7 Å². The zero-order chi connectivity index (χ0) is 32.9. The Morgan fingerprint density at radius 2 is 1.74 bits per heavy atom. The molecule has 2 aliphatic heterocycles. The highest BCUT2D eigenvalue weighted by molar-refractivity contribution is 9.10. The van der Waals surface area contributed by atoms with Crippen molar-refractivity contribution < 1.29 is 4.74 Å². The maximum absolute atomic E-state index is 5.82. The summed E-state index contributed by atoms with van der Waals surface area (Å²) in [5, 5.41) is 6.90. The molecule has 0 saturated carbocycles. The van der Waals surface area contributed by atoms with Gasteiger partial charge in [-0.25, -0.2) is 4.98 Å². The van der Waals surface area contributed by atoms with Crippen LogP contribution < -0.4 is 24.6 Å². The maximum Gasteiger partial charge on any atom is 0.239 e. The molecule has 4 aromatic rings. The van der Waals surface area contributed by atoms with E-state index in [9.17, 15) is 0 Å². The predicted octanol–water partition coefficient (Wildman–Crippen LogP) is 5.96. The lowest BCUT2D eigenvalue weighted by Gasteiger charge is -2.42. The van der Waals surface area contributed by atoms with Crippen molar-refractivity contribution in [3.8, 4) is 5.88 Å². The van der Waals surface area contributed by atoms with Crippen LogP contribution in [0.25, 0.3) is 11.0 Å². The number of benzene rings is 1. The Morgan fingerprint density at radius 3 is 2.47 bits per heavy atom. The number of hydrogen-bond donors (Lipinski definition) is 2. The van der Waals surface area contributed by atoms with Crippen LogP contribution in [0.4, 0.5) is 34.6 Å². The van der Waals surface area contributed by atoms with Crippen LogP contribution in [0.1, 0.15) is 32.3 Å². The molecular formula is C33H44BrN11OS. The van der Waals surface area contributed by atoms with Crippen LogP contribution in [0.15, 0.2) is 41.3 Å². The van der Waals surface area contributed by atoms with Crippen molar-refractivity contribution in [3.63, 3.8) is 0 Å². The highest BCUT2D eigenvalue weighted by Crippen LogP contribution is 2.39. The summed E-state index contributed by atoms with van der Waals surface area (Å²) in [6, 6.07) is 6.75. The number of rotatable bonds is 11. The van der Waals surface area contributed by atoms with Gasteiger partial charge in [-0.15, -0.1) is 0 Å². The first-order chi connectivity index (χ1) is 22.9. The van der Waals surface area contributed by atoms with Gasteiger partial charge in [-0.2, -0.15) is 9.97 Å². The van der Waals surface area contributed by atoms with Gasteiger partial charge in [0.15, 0.2) is 0 Å². The number of likely N-dealkylation sites (N-methyl/N-ethyl adjacent to an activating group) is 1. The number of anilines is 6. The van der Waals surface area contributed by atoms with E-state index in [4.69, 9.17) is 14.7 Å². The summed E-state index contributed by atoms with van der Waals surface area (Å²) in [4.78, 5) is 31.1. The molecule has 5 heterocycles. The summed E-state index contributed by atoms with van der Waals surface area (Å²) >= 11 is 5.34. The Kier molecular flexibility index (Phi) is 10.8. The molecule has 0 atom stereocenters. The molecule has 0 amide bonds. The third-order valence-corrected chi connectivity index (χ3v) is 10.3. The third kappa shape index (κ3) is 7.50. The number of aryl methyl sites for hydroxylation is 1. The van der Waals surface area contributed by atoms with Gasteiger partial charge in [-0.05, 0) is 66.0 Å². The van der Waals surface area contributed by atoms with E-state index in [1.165, 1.54) is 5.56 Å². The number of aromatic nitrogens is 5. The minimum atomic E-state index is 0.428. The molecular weight excluding hydrogens is 678 g/mol. The average molecular weight is 723 g/mol. The van der Waals surface area contributed by atoms with Crippen LogP contribution >= 0.6 is 27.9 Å². The molecule has 47 heavy (non-hydrogen) atoms. The minimum absolute atomic E-state index is 0.428. The van der Waals surface area contributed by atoms with E-state index in [1.54, 1.807) is 37.6 Å². The molecule has 0 radical (unpaired) electrons. The largest absolute Gasteiger partial charge is 0.479 e. The second-order valence-corrected chi connectivity index (χ2v) is 14.1. The molecule has 2 saturated heterocycles. The Labute approximate surface area is 290 Å². The van der Waals surface area contributed by atoms with Gasteiger partial charge in [0, 0.05) is 76.7 Å². The van der Waals surface area contributed by atoms with Gasteiger partial charge >= 0.3 is 0 Å². The average Bonchev–Trinajstić information content (AvgIpc) is 3.10. The molecule has 0 spiro atoms. The fourth-order valence-electron chi connectivity index (χ4n) is 6.40.